The lowest BCUT2D eigenvalue weighted by molar-refractivity contribution is -0.133. The topological polar surface area (TPSA) is 29.5 Å². The highest BCUT2D eigenvalue weighted by atomic mass is 16.5. The standard InChI is InChI=1S/C16H23NO2/c1-13(2)15-9-6-11-17(15)16(18)10-12-19-14-7-4-3-5-8-14/h3-5,7-8,13,15H,6,9-12H2,1-2H3. The smallest absolute Gasteiger partial charge is 0.226 e. The molecule has 0 saturated carbocycles. The lowest BCUT2D eigenvalue weighted by Crippen LogP contribution is -2.39. The minimum absolute atomic E-state index is 0.229. The van der Waals surface area contributed by atoms with E-state index in [0.717, 1.165) is 25.1 Å². The van der Waals surface area contributed by atoms with E-state index in [1.54, 1.807) is 0 Å². The number of ether oxygens (including phenoxy) is 1. The summed E-state index contributed by atoms with van der Waals surface area (Å²) in [7, 11) is 0. The molecule has 0 N–H and O–H groups in total. The maximum absolute atomic E-state index is 12.2. The number of carbonyl (C=O) groups is 1. The van der Waals surface area contributed by atoms with Gasteiger partial charge in [-0.1, -0.05) is 32.0 Å². The van der Waals surface area contributed by atoms with Gasteiger partial charge < -0.3 is 9.64 Å². The molecular formula is C16H23NO2. The molecule has 1 aliphatic heterocycles. The molecule has 3 nitrogen and oxygen atoms in total. The van der Waals surface area contributed by atoms with Crippen molar-refractivity contribution in [3.05, 3.63) is 30.3 Å². The zero-order valence-corrected chi connectivity index (χ0v) is 11.8. The fraction of sp³-hybridized carbons (Fsp3) is 0.562. The van der Waals surface area contributed by atoms with Crippen LogP contribution >= 0.6 is 0 Å². The molecule has 0 bridgehead atoms. The fourth-order valence-electron chi connectivity index (χ4n) is 2.71. The fourth-order valence-corrected chi connectivity index (χ4v) is 2.71. The van der Waals surface area contributed by atoms with Gasteiger partial charge in [-0.3, -0.25) is 4.79 Å². The Labute approximate surface area is 115 Å². The third-order valence-corrected chi connectivity index (χ3v) is 3.72. The Kier molecular flexibility index (Phi) is 4.83. The quantitative estimate of drug-likeness (QED) is 0.815. The van der Waals surface area contributed by atoms with Crippen molar-refractivity contribution in [3.8, 4) is 5.75 Å². The third kappa shape index (κ3) is 3.72. The summed E-state index contributed by atoms with van der Waals surface area (Å²) in [6.45, 7) is 5.75. The van der Waals surface area contributed by atoms with E-state index >= 15 is 0 Å². The monoisotopic (exact) mass is 261 g/mol. The van der Waals surface area contributed by atoms with Gasteiger partial charge in [0.2, 0.25) is 5.91 Å². The van der Waals surface area contributed by atoms with E-state index in [-0.39, 0.29) is 5.91 Å². The van der Waals surface area contributed by atoms with Crippen molar-refractivity contribution < 1.29 is 9.53 Å². The molecule has 3 heteroatoms. The van der Waals surface area contributed by atoms with E-state index in [1.807, 2.05) is 35.2 Å². The molecule has 0 aromatic heterocycles. The number of benzene rings is 1. The highest BCUT2D eigenvalue weighted by molar-refractivity contribution is 5.77. The van der Waals surface area contributed by atoms with Crippen LogP contribution in [-0.2, 0) is 4.79 Å². The Bertz CT molecular complexity index is 402. The summed E-state index contributed by atoms with van der Waals surface area (Å²) in [5.41, 5.74) is 0. The number of rotatable bonds is 5. The first-order valence-electron chi connectivity index (χ1n) is 7.16. The van der Waals surface area contributed by atoms with Crippen LogP contribution in [0.4, 0.5) is 0 Å². The zero-order valence-electron chi connectivity index (χ0n) is 11.8. The predicted molar refractivity (Wildman–Crippen MR) is 76.1 cm³/mol. The van der Waals surface area contributed by atoms with Gasteiger partial charge in [0.15, 0.2) is 0 Å². The first-order valence-corrected chi connectivity index (χ1v) is 7.16. The van der Waals surface area contributed by atoms with Crippen molar-refractivity contribution in [2.75, 3.05) is 13.2 Å². The van der Waals surface area contributed by atoms with Gasteiger partial charge >= 0.3 is 0 Å². The molecular weight excluding hydrogens is 238 g/mol. The van der Waals surface area contributed by atoms with Gasteiger partial charge in [-0.05, 0) is 30.9 Å². The molecule has 1 saturated heterocycles. The van der Waals surface area contributed by atoms with Gasteiger partial charge in [-0.25, -0.2) is 0 Å². The molecule has 1 aliphatic rings. The molecule has 1 unspecified atom stereocenters. The summed E-state index contributed by atoms with van der Waals surface area (Å²) in [6, 6.07) is 10.1. The van der Waals surface area contributed by atoms with Gasteiger partial charge in [-0.15, -0.1) is 0 Å². The van der Waals surface area contributed by atoms with Crippen LogP contribution in [0, 0.1) is 5.92 Å². The number of para-hydroxylation sites is 1. The van der Waals surface area contributed by atoms with Gasteiger partial charge in [0, 0.05) is 12.6 Å². The van der Waals surface area contributed by atoms with Crippen molar-refractivity contribution >= 4 is 5.91 Å². The maximum Gasteiger partial charge on any atom is 0.226 e. The molecule has 1 atom stereocenters. The van der Waals surface area contributed by atoms with Crippen LogP contribution in [0.1, 0.15) is 33.1 Å². The van der Waals surface area contributed by atoms with Crippen molar-refractivity contribution in [1.29, 1.82) is 0 Å². The van der Waals surface area contributed by atoms with Crippen LogP contribution < -0.4 is 4.74 Å². The highest BCUT2D eigenvalue weighted by Crippen LogP contribution is 2.24. The highest BCUT2D eigenvalue weighted by Gasteiger charge is 2.30. The van der Waals surface area contributed by atoms with E-state index in [4.69, 9.17) is 4.74 Å². The van der Waals surface area contributed by atoms with Crippen molar-refractivity contribution in [1.82, 2.24) is 4.90 Å². The Hall–Kier alpha value is -1.51. The summed E-state index contributed by atoms with van der Waals surface area (Å²) in [5.74, 6) is 1.60. The Morgan fingerprint density at radius 1 is 1.37 bits per heavy atom. The van der Waals surface area contributed by atoms with Gasteiger partial charge in [-0.2, -0.15) is 0 Å². The molecule has 19 heavy (non-hydrogen) atoms. The summed E-state index contributed by atoms with van der Waals surface area (Å²) < 4.78 is 5.58. The number of likely N-dealkylation sites (tertiary alicyclic amines) is 1. The van der Waals surface area contributed by atoms with Gasteiger partial charge in [0.1, 0.15) is 5.75 Å². The lowest BCUT2D eigenvalue weighted by Gasteiger charge is -2.27. The second kappa shape index (κ2) is 6.60. The van der Waals surface area contributed by atoms with Crippen LogP contribution in [0.5, 0.6) is 5.75 Å². The summed E-state index contributed by atoms with van der Waals surface area (Å²) in [6.07, 6.45) is 2.75. The van der Waals surface area contributed by atoms with E-state index in [1.165, 1.54) is 0 Å². The molecule has 0 radical (unpaired) electrons. The average Bonchev–Trinajstić information content (AvgIpc) is 2.89. The Morgan fingerprint density at radius 2 is 2.11 bits per heavy atom. The summed E-state index contributed by atoms with van der Waals surface area (Å²) in [5, 5.41) is 0. The Morgan fingerprint density at radius 3 is 2.79 bits per heavy atom. The number of hydrogen-bond acceptors (Lipinski definition) is 2. The number of hydrogen-bond donors (Lipinski definition) is 0. The minimum Gasteiger partial charge on any atom is -0.493 e. The van der Waals surface area contributed by atoms with Crippen LogP contribution in [-0.4, -0.2) is 30.0 Å². The number of amides is 1. The van der Waals surface area contributed by atoms with Gasteiger partial charge in [0.05, 0.1) is 13.0 Å². The average molecular weight is 261 g/mol. The number of nitrogens with zero attached hydrogens (tertiary/aromatic N) is 1. The van der Waals surface area contributed by atoms with E-state index in [9.17, 15) is 4.79 Å². The van der Waals surface area contributed by atoms with Crippen LogP contribution in [0.3, 0.4) is 0 Å². The molecule has 2 rings (SSSR count). The van der Waals surface area contributed by atoms with Crippen LogP contribution in [0.15, 0.2) is 30.3 Å². The van der Waals surface area contributed by atoms with Crippen molar-refractivity contribution in [2.24, 2.45) is 5.92 Å². The van der Waals surface area contributed by atoms with Crippen molar-refractivity contribution in [2.45, 2.75) is 39.2 Å². The molecule has 1 heterocycles. The summed E-state index contributed by atoms with van der Waals surface area (Å²) in [4.78, 5) is 14.2. The van der Waals surface area contributed by atoms with Crippen molar-refractivity contribution in [3.63, 3.8) is 0 Å². The second-order valence-corrected chi connectivity index (χ2v) is 5.45. The Balaban J connectivity index is 1.78. The molecule has 1 amide bonds. The molecule has 0 aliphatic carbocycles. The maximum atomic E-state index is 12.2. The first kappa shape index (κ1) is 13.9. The normalized spacial score (nSPS) is 18.9. The molecule has 1 aromatic rings. The van der Waals surface area contributed by atoms with E-state index in [0.29, 0.717) is 25.0 Å². The zero-order chi connectivity index (χ0) is 13.7. The number of carbonyl (C=O) groups excluding carboxylic acids is 1. The molecule has 0 spiro atoms. The van der Waals surface area contributed by atoms with Crippen LogP contribution in [0.25, 0.3) is 0 Å². The SMILES string of the molecule is CC(C)C1CCCN1C(=O)CCOc1ccccc1. The molecule has 1 aromatic carbocycles. The lowest BCUT2D eigenvalue weighted by atomic mass is 10.0. The van der Waals surface area contributed by atoms with Crippen LogP contribution in [0.2, 0.25) is 0 Å². The van der Waals surface area contributed by atoms with E-state index < -0.39 is 0 Å². The molecule has 1 fully saturated rings. The second-order valence-electron chi connectivity index (χ2n) is 5.45. The summed E-state index contributed by atoms with van der Waals surface area (Å²) >= 11 is 0. The largest absolute Gasteiger partial charge is 0.493 e. The third-order valence-electron chi connectivity index (χ3n) is 3.72. The minimum atomic E-state index is 0.229. The first-order chi connectivity index (χ1) is 9.18. The molecule has 104 valence electrons. The predicted octanol–water partition coefficient (Wildman–Crippen LogP) is 3.10. The van der Waals surface area contributed by atoms with E-state index in [2.05, 4.69) is 13.8 Å². The van der Waals surface area contributed by atoms with Gasteiger partial charge in [0.25, 0.3) is 0 Å².